The first-order chi connectivity index (χ1) is 8.08. The first kappa shape index (κ1) is 15.4. The molecule has 1 aliphatic carbocycles. The molecule has 1 fully saturated rings. The molecule has 17 heavy (non-hydrogen) atoms. The highest BCUT2D eigenvalue weighted by molar-refractivity contribution is 7.80. The van der Waals surface area contributed by atoms with Crippen LogP contribution in [-0.2, 0) is 0 Å². The summed E-state index contributed by atoms with van der Waals surface area (Å²) in [5.74, 6) is 1.89. The topological polar surface area (TPSA) is 3.24 Å². The molecule has 0 radical (unpaired) electrons. The van der Waals surface area contributed by atoms with E-state index in [-0.39, 0.29) is 0 Å². The van der Waals surface area contributed by atoms with Crippen molar-refractivity contribution in [2.24, 2.45) is 11.3 Å². The Morgan fingerprint density at radius 1 is 1.12 bits per heavy atom. The van der Waals surface area contributed by atoms with Gasteiger partial charge < -0.3 is 4.90 Å². The van der Waals surface area contributed by atoms with Gasteiger partial charge in [-0.15, -0.1) is 0 Å². The summed E-state index contributed by atoms with van der Waals surface area (Å²) in [6.45, 7) is 7.12. The molecular weight excluding hydrogens is 226 g/mol. The molecule has 0 atom stereocenters. The highest BCUT2D eigenvalue weighted by atomic mass is 32.1. The fraction of sp³-hybridized carbons (Fsp3) is 1.00. The Kier molecular flexibility index (Phi) is 6.94. The largest absolute Gasteiger partial charge is 0.306 e. The molecule has 0 saturated heterocycles. The van der Waals surface area contributed by atoms with Gasteiger partial charge in [0.2, 0.25) is 0 Å². The average Bonchev–Trinajstić information content (AvgIpc) is 2.53. The summed E-state index contributed by atoms with van der Waals surface area (Å²) in [6, 6.07) is 0. The van der Waals surface area contributed by atoms with Crippen LogP contribution in [0.3, 0.4) is 0 Å². The minimum Gasteiger partial charge on any atom is -0.306 e. The number of hydrogen-bond donors (Lipinski definition) is 1. The van der Waals surface area contributed by atoms with Crippen LogP contribution in [0.4, 0.5) is 0 Å². The predicted molar refractivity (Wildman–Crippen MR) is 80.9 cm³/mol. The third kappa shape index (κ3) is 5.65. The van der Waals surface area contributed by atoms with Crippen LogP contribution in [0.2, 0.25) is 0 Å². The van der Waals surface area contributed by atoms with E-state index in [4.69, 9.17) is 0 Å². The number of hydrogen-bond acceptors (Lipinski definition) is 2. The number of rotatable bonds is 6. The van der Waals surface area contributed by atoms with Gasteiger partial charge in [-0.2, -0.15) is 12.6 Å². The molecular formula is C15H31NS. The maximum Gasteiger partial charge on any atom is 0.00427 e. The maximum atomic E-state index is 4.65. The van der Waals surface area contributed by atoms with Gasteiger partial charge in [-0.1, -0.05) is 39.5 Å². The molecule has 0 unspecified atom stereocenters. The van der Waals surface area contributed by atoms with Crippen LogP contribution < -0.4 is 0 Å². The summed E-state index contributed by atoms with van der Waals surface area (Å²) in [5, 5.41) is 0. The van der Waals surface area contributed by atoms with Crippen molar-refractivity contribution in [1.29, 1.82) is 0 Å². The van der Waals surface area contributed by atoms with Gasteiger partial charge in [-0.25, -0.2) is 0 Å². The van der Waals surface area contributed by atoms with E-state index in [9.17, 15) is 0 Å². The van der Waals surface area contributed by atoms with Crippen LogP contribution in [0.5, 0.6) is 0 Å². The summed E-state index contributed by atoms with van der Waals surface area (Å²) in [4.78, 5) is 2.54. The van der Waals surface area contributed by atoms with Crippen molar-refractivity contribution in [3.63, 3.8) is 0 Å². The second-order valence-electron chi connectivity index (χ2n) is 6.49. The highest BCUT2D eigenvalue weighted by Gasteiger charge is 2.30. The van der Waals surface area contributed by atoms with Crippen LogP contribution in [0.1, 0.15) is 58.8 Å². The lowest BCUT2D eigenvalue weighted by Crippen LogP contribution is -2.37. The van der Waals surface area contributed by atoms with Crippen LogP contribution in [0.15, 0.2) is 0 Å². The minimum atomic E-state index is 0.505. The Morgan fingerprint density at radius 2 is 1.71 bits per heavy atom. The Balaban J connectivity index is 2.43. The highest BCUT2D eigenvalue weighted by Crippen LogP contribution is 2.36. The fourth-order valence-electron chi connectivity index (χ4n) is 2.98. The predicted octanol–water partition coefficient (Wildman–Crippen LogP) is 4.23. The fourth-order valence-corrected chi connectivity index (χ4v) is 3.39. The Labute approximate surface area is 114 Å². The zero-order valence-electron chi connectivity index (χ0n) is 12.0. The number of thiol groups is 1. The second kappa shape index (κ2) is 7.68. The first-order valence-corrected chi connectivity index (χ1v) is 8.01. The third-order valence-corrected chi connectivity index (χ3v) is 4.86. The van der Waals surface area contributed by atoms with Crippen LogP contribution in [0, 0.1) is 11.3 Å². The SMILES string of the molecule is CC(C)CCN(C)CC1(CS)CCCCCC1. The van der Waals surface area contributed by atoms with E-state index in [1.54, 1.807) is 0 Å². The van der Waals surface area contributed by atoms with Gasteiger partial charge >= 0.3 is 0 Å². The molecule has 0 bridgehead atoms. The summed E-state index contributed by atoms with van der Waals surface area (Å²) < 4.78 is 0. The molecule has 0 aliphatic heterocycles. The smallest absolute Gasteiger partial charge is 0.00427 e. The lowest BCUT2D eigenvalue weighted by Gasteiger charge is -2.35. The lowest BCUT2D eigenvalue weighted by molar-refractivity contribution is 0.170. The summed E-state index contributed by atoms with van der Waals surface area (Å²) in [7, 11) is 2.29. The average molecular weight is 257 g/mol. The van der Waals surface area contributed by atoms with Gasteiger partial charge in [0.05, 0.1) is 0 Å². The van der Waals surface area contributed by atoms with E-state index in [2.05, 4.69) is 38.4 Å². The summed E-state index contributed by atoms with van der Waals surface area (Å²) in [6.07, 6.45) is 9.80. The molecule has 0 N–H and O–H groups in total. The van der Waals surface area contributed by atoms with Crippen LogP contribution >= 0.6 is 12.6 Å². The molecule has 0 amide bonds. The van der Waals surface area contributed by atoms with E-state index in [0.29, 0.717) is 5.41 Å². The molecule has 2 heteroatoms. The van der Waals surface area contributed by atoms with E-state index in [1.165, 1.54) is 58.0 Å². The molecule has 1 nitrogen and oxygen atoms in total. The van der Waals surface area contributed by atoms with Crippen molar-refractivity contribution < 1.29 is 0 Å². The Bertz CT molecular complexity index is 195. The van der Waals surface area contributed by atoms with Crippen molar-refractivity contribution >= 4 is 12.6 Å². The maximum absolute atomic E-state index is 4.65. The molecule has 0 aromatic rings. The van der Waals surface area contributed by atoms with Crippen molar-refractivity contribution in [1.82, 2.24) is 4.90 Å². The normalized spacial score (nSPS) is 20.8. The molecule has 0 aromatic carbocycles. The monoisotopic (exact) mass is 257 g/mol. The van der Waals surface area contributed by atoms with Gasteiger partial charge in [0, 0.05) is 6.54 Å². The van der Waals surface area contributed by atoms with Gasteiger partial charge in [-0.05, 0) is 49.9 Å². The Hall–Kier alpha value is 0.310. The Morgan fingerprint density at radius 3 is 2.18 bits per heavy atom. The van der Waals surface area contributed by atoms with E-state index in [1.807, 2.05) is 0 Å². The second-order valence-corrected chi connectivity index (χ2v) is 6.81. The summed E-state index contributed by atoms with van der Waals surface area (Å²) in [5.41, 5.74) is 0.505. The van der Waals surface area contributed by atoms with Gasteiger partial charge in [-0.3, -0.25) is 0 Å². The molecule has 1 aliphatic rings. The van der Waals surface area contributed by atoms with E-state index >= 15 is 0 Å². The zero-order valence-corrected chi connectivity index (χ0v) is 12.9. The van der Waals surface area contributed by atoms with Crippen LogP contribution in [0.25, 0.3) is 0 Å². The molecule has 0 heterocycles. The van der Waals surface area contributed by atoms with Gasteiger partial charge in [0.1, 0.15) is 0 Å². The summed E-state index contributed by atoms with van der Waals surface area (Å²) >= 11 is 4.65. The van der Waals surface area contributed by atoms with Crippen molar-refractivity contribution in [2.45, 2.75) is 58.8 Å². The number of nitrogens with zero attached hydrogens (tertiary/aromatic N) is 1. The van der Waals surface area contributed by atoms with E-state index < -0.39 is 0 Å². The minimum absolute atomic E-state index is 0.505. The molecule has 0 aromatic heterocycles. The molecule has 1 saturated carbocycles. The first-order valence-electron chi connectivity index (χ1n) is 7.37. The van der Waals surface area contributed by atoms with Crippen LogP contribution in [-0.4, -0.2) is 30.8 Å². The lowest BCUT2D eigenvalue weighted by atomic mass is 9.81. The van der Waals surface area contributed by atoms with Gasteiger partial charge in [0.25, 0.3) is 0 Å². The van der Waals surface area contributed by atoms with Gasteiger partial charge in [0.15, 0.2) is 0 Å². The quantitative estimate of drug-likeness (QED) is 0.550. The molecule has 0 spiro atoms. The van der Waals surface area contributed by atoms with Crippen molar-refractivity contribution in [3.05, 3.63) is 0 Å². The zero-order chi connectivity index (χ0) is 12.7. The van der Waals surface area contributed by atoms with Crippen molar-refractivity contribution in [3.8, 4) is 0 Å². The van der Waals surface area contributed by atoms with E-state index in [0.717, 1.165) is 11.7 Å². The third-order valence-electron chi connectivity index (χ3n) is 4.19. The molecule has 102 valence electrons. The standard InChI is InChI=1S/C15H31NS/c1-14(2)8-11-16(3)12-15(13-17)9-6-4-5-7-10-15/h14,17H,4-13H2,1-3H3. The molecule has 1 rings (SSSR count). The van der Waals surface area contributed by atoms with Crippen molar-refractivity contribution in [2.75, 3.05) is 25.9 Å².